The number of nitrogens with zero attached hydrogens (tertiary/aromatic N) is 1. The highest BCUT2D eigenvalue weighted by Gasteiger charge is 2.20. The van der Waals surface area contributed by atoms with Crippen molar-refractivity contribution in [1.82, 2.24) is 4.98 Å². The minimum Gasteiger partial charge on any atom is -0.478 e. The Bertz CT molecular complexity index is 710. The molecule has 0 aliphatic heterocycles. The molecule has 1 aliphatic carbocycles. The average molecular weight is 286 g/mol. The van der Waals surface area contributed by atoms with Crippen molar-refractivity contribution in [3.8, 4) is 0 Å². The number of aryl methyl sites for hydroxylation is 1. The number of rotatable bonds is 4. The fraction of sp³-hybridized carbons (Fsp3) is 0.375. The fourth-order valence-electron chi connectivity index (χ4n) is 2.85. The molecule has 0 saturated carbocycles. The van der Waals surface area contributed by atoms with Crippen LogP contribution in [0.3, 0.4) is 0 Å². The van der Waals surface area contributed by atoms with Gasteiger partial charge in [0.1, 0.15) is 0 Å². The van der Waals surface area contributed by atoms with Gasteiger partial charge in [-0.25, -0.2) is 4.79 Å². The van der Waals surface area contributed by atoms with E-state index < -0.39 is 12.1 Å². The van der Waals surface area contributed by atoms with Gasteiger partial charge in [0.05, 0.1) is 17.2 Å². The molecule has 21 heavy (non-hydrogen) atoms. The van der Waals surface area contributed by atoms with Gasteiger partial charge in [0.25, 0.3) is 0 Å². The zero-order valence-electron chi connectivity index (χ0n) is 11.9. The SMILES string of the molecule is C[C@H](O)CNc1c2c(nc3ccc(C(=O)O)cc13)CCC2. The summed E-state index contributed by atoms with van der Waals surface area (Å²) in [5.74, 6) is -0.945. The molecule has 1 aromatic carbocycles. The van der Waals surface area contributed by atoms with E-state index in [0.29, 0.717) is 6.54 Å². The van der Waals surface area contributed by atoms with Gasteiger partial charge in [-0.05, 0) is 49.9 Å². The van der Waals surface area contributed by atoms with Gasteiger partial charge in [-0.2, -0.15) is 0 Å². The van der Waals surface area contributed by atoms with Crippen LogP contribution in [-0.4, -0.2) is 33.8 Å². The molecule has 0 radical (unpaired) electrons. The average Bonchev–Trinajstić information content (AvgIpc) is 2.90. The molecule has 0 saturated heterocycles. The van der Waals surface area contributed by atoms with Gasteiger partial charge in [-0.15, -0.1) is 0 Å². The van der Waals surface area contributed by atoms with E-state index in [9.17, 15) is 9.90 Å². The Morgan fingerprint density at radius 2 is 2.24 bits per heavy atom. The highest BCUT2D eigenvalue weighted by atomic mass is 16.4. The molecule has 0 spiro atoms. The van der Waals surface area contributed by atoms with E-state index in [2.05, 4.69) is 10.3 Å². The monoisotopic (exact) mass is 286 g/mol. The van der Waals surface area contributed by atoms with E-state index >= 15 is 0 Å². The molecule has 1 heterocycles. The molecule has 1 aromatic heterocycles. The van der Waals surface area contributed by atoms with E-state index in [1.165, 1.54) is 0 Å². The molecule has 1 aliphatic rings. The fourth-order valence-corrected chi connectivity index (χ4v) is 2.85. The third-order valence-electron chi connectivity index (χ3n) is 3.83. The Kier molecular flexibility index (Phi) is 3.51. The van der Waals surface area contributed by atoms with Gasteiger partial charge in [0.15, 0.2) is 0 Å². The van der Waals surface area contributed by atoms with Crippen LogP contribution in [0.5, 0.6) is 0 Å². The van der Waals surface area contributed by atoms with E-state index in [0.717, 1.165) is 47.1 Å². The van der Waals surface area contributed by atoms with Crippen LogP contribution >= 0.6 is 0 Å². The normalized spacial score (nSPS) is 15.0. The van der Waals surface area contributed by atoms with E-state index in [4.69, 9.17) is 5.11 Å². The smallest absolute Gasteiger partial charge is 0.335 e. The summed E-state index contributed by atoms with van der Waals surface area (Å²) in [7, 11) is 0. The van der Waals surface area contributed by atoms with Crippen LogP contribution in [-0.2, 0) is 12.8 Å². The molecular formula is C16H18N2O3. The Labute approximate surface area is 122 Å². The van der Waals surface area contributed by atoms with Gasteiger partial charge in [0, 0.05) is 23.3 Å². The lowest BCUT2D eigenvalue weighted by molar-refractivity contribution is 0.0697. The van der Waals surface area contributed by atoms with Crippen LogP contribution in [0, 0.1) is 0 Å². The molecule has 0 fully saturated rings. The lowest BCUT2D eigenvalue weighted by atomic mass is 10.0. The second kappa shape index (κ2) is 5.33. The number of aromatic carboxylic acids is 1. The number of hydrogen-bond acceptors (Lipinski definition) is 4. The van der Waals surface area contributed by atoms with Crippen LogP contribution < -0.4 is 5.32 Å². The largest absolute Gasteiger partial charge is 0.478 e. The van der Waals surface area contributed by atoms with E-state index in [-0.39, 0.29) is 5.56 Å². The summed E-state index contributed by atoms with van der Waals surface area (Å²) in [6, 6.07) is 5.00. The number of aliphatic hydroxyl groups excluding tert-OH is 1. The number of aliphatic hydroxyl groups is 1. The summed E-state index contributed by atoms with van der Waals surface area (Å²) in [6.45, 7) is 2.15. The number of fused-ring (bicyclic) bond motifs is 2. The second-order valence-electron chi connectivity index (χ2n) is 5.53. The molecular weight excluding hydrogens is 268 g/mol. The van der Waals surface area contributed by atoms with Gasteiger partial charge >= 0.3 is 5.97 Å². The number of pyridine rings is 1. The number of carboxylic acids is 1. The third-order valence-corrected chi connectivity index (χ3v) is 3.83. The van der Waals surface area contributed by atoms with Crippen molar-refractivity contribution in [1.29, 1.82) is 0 Å². The minimum atomic E-state index is -0.945. The quantitative estimate of drug-likeness (QED) is 0.802. The number of hydrogen-bond donors (Lipinski definition) is 3. The maximum Gasteiger partial charge on any atom is 0.335 e. The molecule has 3 N–H and O–H groups in total. The zero-order valence-corrected chi connectivity index (χ0v) is 11.9. The summed E-state index contributed by atoms with van der Waals surface area (Å²) >= 11 is 0. The van der Waals surface area contributed by atoms with Crippen molar-refractivity contribution >= 4 is 22.6 Å². The van der Waals surface area contributed by atoms with Gasteiger partial charge in [-0.1, -0.05) is 0 Å². The van der Waals surface area contributed by atoms with Crippen LogP contribution in [0.4, 0.5) is 5.69 Å². The van der Waals surface area contributed by atoms with Gasteiger partial charge in [-0.3, -0.25) is 4.98 Å². The molecule has 2 aromatic rings. The molecule has 5 nitrogen and oxygen atoms in total. The highest BCUT2D eigenvalue weighted by molar-refractivity contribution is 5.99. The molecule has 110 valence electrons. The minimum absolute atomic E-state index is 0.252. The summed E-state index contributed by atoms with van der Waals surface area (Å²) in [5, 5.41) is 22.8. The van der Waals surface area contributed by atoms with E-state index in [1.54, 1.807) is 25.1 Å². The molecule has 0 amide bonds. The number of carboxylic acid groups (broad SMARTS) is 1. The maximum absolute atomic E-state index is 11.2. The summed E-state index contributed by atoms with van der Waals surface area (Å²) < 4.78 is 0. The predicted molar refractivity (Wildman–Crippen MR) is 80.9 cm³/mol. The molecule has 0 unspecified atom stereocenters. The molecule has 3 rings (SSSR count). The first-order valence-electron chi connectivity index (χ1n) is 7.17. The van der Waals surface area contributed by atoms with Crippen LogP contribution in [0.2, 0.25) is 0 Å². The highest BCUT2D eigenvalue weighted by Crippen LogP contribution is 2.34. The number of anilines is 1. The maximum atomic E-state index is 11.2. The Hall–Kier alpha value is -2.14. The standard InChI is InChI=1S/C16H18N2O3/c1-9(19)8-17-15-11-3-2-4-13(11)18-14-6-5-10(16(20)21)7-12(14)15/h5-7,9,19H,2-4,8H2,1H3,(H,17,18)(H,20,21)/t9-/m0/s1. The van der Waals surface area contributed by atoms with Crippen molar-refractivity contribution in [3.63, 3.8) is 0 Å². The van der Waals surface area contributed by atoms with Gasteiger partial charge < -0.3 is 15.5 Å². The first-order valence-corrected chi connectivity index (χ1v) is 7.17. The molecule has 5 heteroatoms. The Balaban J connectivity index is 2.18. The summed E-state index contributed by atoms with van der Waals surface area (Å²) in [6.07, 6.45) is 2.49. The van der Waals surface area contributed by atoms with E-state index in [1.807, 2.05) is 0 Å². The lowest BCUT2D eigenvalue weighted by Gasteiger charge is -2.16. The third kappa shape index (κ3) is 2.56. The first kappa shape index (κ1) is 13.8. The topological polar surface area (TPSA) is 82.5 Å². The van der Waals surface area contributed by atoms with Crippen LogP contribution in [0.15, 0.2) is 18.2 Å². The van der Waals surface area contributed by atoms with Crippen molar-refractivity contribution < 1.29 is 15.0 Å². The first-order chi connectivity index (χ1) is 10.1. The Morgan fingerprint density at radius 1 is 1.43 bits per heavy atom. The number of nitrogens with one attached hydrogen (secondary N) is 1. The zero-order chi connectivity index (χ0) is 15.0. The van der Waals surface area contributed by atoms with Gasteiger partial charge in [0.2, 0.25) is 0 Å². The second-order valence-corrected chi connectivity index (χ2v) is 5.53. The van der Waals surface area contributed by atoms with Crippen molar-refractivity contribution in [2.24, 2.45) is 0 Å². The van der Waals surface area contributed by atoms with Crippen molar-refractivity contribution in [2.45, 2.75) is 32.3 Å². The molecule has 0 bridgehead atoms. The summed E-state index contributed by atoms with van der Waals surface area (Å²) in [4.78, 5) is 15.8. The predicted octanol–water partition coefficient (Wildman–Crippen LogP) is 2.21. The van der Waals surface area contributed by atoms with Crippen LogP contribution in [0.1, 0.15) is 35.0 Å². The molecule has 1 atom stereocenters. The summed E-state index contributed by atoms with van der Waals surface area (Å²) in [5.41, 5.74) is 4.22. The van der Waals surface area contributed by atoms with Crippen molar-refractivity contribution in [2.75, 3.05) is 11.9 Å². The van der Waals surface area contributed by atoms with Crippen molar-refractivity contribution in [3.05, 3.63) is 35.0 Å². The lowest BCUT2D eigenvalue weighted by Crippen LogP contribution is -2.17. The number of benzene rings is 1. The Morgan fingerprint density at radius 3 is 2.95 bits per heavy atom. The number of carbonyl (C=O) groups is 1. The number of aromatic nitrogens is 1. The van der Waals surface area contributed by atoms with Crippen LogP contribution in [0.25, 0.3) is 10.9 Å².